The van der Waals surface area contributed by atoms with E-state index in [4.69, 9.17) is 0 Å². The molecule has 0 aliphatic rings. The van der Waals surface area contributed by atoms with Gasteiger partial charge in [0.15, 0.2) is 0 Å². The molecule has 0 saturated heterocycles. The summed E-state index contributed by atoms with van der Waals surface area (Å²) in [6, 6.07) is 0. The number of carbonyl (C=O) groups is 1. The highest BCUT2D eigenvalue weighted by molar-refractivity contribution is 5.89. The Morgan fingerprint density at radius 1 is 1.67 bits per heavy atom. The van der Waals surface area contributed by atoms with Crippen molar-refractivity contribution in [3.05, 3.63) is 5.82 Å². The fourth-order valence-corrected chi connectivity index (χ4v) is 0.507. The molecule has 1 amide bonds. The summed E-state index contributed by atoms with van der Waals surface area (Å²) in [5.41, 5.74) is 0. The van der Waals surface area contributed by atoms with Gasteiger partial charge in [-0.2, -0.15) is 5.21 Å². The van der Waals surface area contributed by atoms with Crippen molar-refractivity contribution < 1.29 is 13.6 Å². The van der Waals surface area contributed by atoms with Crippen LogP contribution in [0.25, 0.3) is 0 Å². The quantitative estimate of drug-likeness (QED) is 0.632. The summed E-state index contributed by atoms with van der Waals surface area (Å²) in [5, 5.41) is 13.6. The van der Waals surface area contributed by atoms with E-state index in [-0.39, 0.29) is 5.82 Å². The van der Waals surface area contributed by atoms with E-state index in [1.54, 1.807) is 0 Å². The number of hydrogen-bond donors (Lipinski definition) is 2. The van der Waals surface area contributed by atoms with Gasteiger partial charge >= 0.3 is 0 Å². The van der Waals surface area contributed by atoms with E-state index in [0.717, 1.165) is 0 Å². The van der Waals surface area contributed by atoms with Crippen molar-refractivity contribution in [2.75, 3.05) is 6.54 Å². The van der Waals surface area contributed by atoms with Crippen LogP contribution in [0.4, 0.5) is 8.78 Å². The number of carbonyl (C=O) groups excluding carboxylic acids is 1. The van der Waals surface area contributed by atoms with Crippen LogP contribution in [0, 0.1) is 0 Å². The molecule has 1 rings (SSSR count). The number of H-pyrrole nitrogens is 1. The lowest BCUT2D eigenvalue weighted by atomic mass is 10.5. The minimum Gasteiger partial charge on any atom is -0.343 e. The Hall–Kier alpha value is -1.60. The first-order chi connectivity index (χ1) is 5.70. The van der Waals surface area contributed by atoms with E-state index >= 15 is 0 Å². The third-order valence-corrected chi connectivity index (χ3v) is 0.965. The number of nitrogens with zero attached hydrogens (tertiary/aromatic N) is 3. The third-order valence-electron chi connectivity index (χ3n) is 0.965. The van der Waals surface area contributed by atoms with Gasteiger partial charge in [-0.3, -0.25) is 4.79 Å². The molecular weight excluding hydrogens is 172 g/mol. The highest BCUT2D eigenvalue weighted by Gasteiger charge is 2.11. The summed E-state index contributed by atoms with van der Waals surface area (Å²) in [6.45, 7) is -0.715. The van der Waals surface area contributed by atoms with Crippen LogP contribution in [0.2, 0.25) is 0 Å². The number of aromatic nitrogens is 4. The lowest BCUT2D eigenvalue weighted by Crippen LogP contribution is -2.29. The van der Waals surface area contributed by atoms with Crippen molar-refractivity contribution in [1.82, 2.24) is 25.9 Å². The molecule has 0 spiro atoms. The topological polar surface area (TPSA) is 83.6 Å². The summed E-state index contributed by atoms with van der Waals surface area (Å²) < 4.78 is 23.1. The van der Waals surface area contributed by atoms with Crippen LogP contribution in [0.5, 0.6) is 0 Å². The molecule has 66 valence electrons. The van der Waals surface area contributed by atoms with Gasteiger partial charge in [0, 0.05) is 0 Å². The molecule has 0 bridgehead atoms. The minimum absolute atomic E-state index is 0.254. The average Bonchev–Trinajstić information content (AvgIpc) is 2.51. The standard InChI is InChI=1S/C4H5F2N5O/c5-2(6)1-7-4(12)3-8-10-11-9-3/h2H,1H2,(H,7,12)(H,8,9,10,11). The number of alkyl halides is 2. The predicted octanol–water partition coefficient (Wildman–Crippen LogP) is -0.805. The molecule has 2 N–H and O–H groups in total. The highest BCUT2D eigenvalue weighted by atomic mass is 19.3. The molecule has 0 aliphatic heterocycles. The van der Waals surface area contributed by atoms with Gasteiger partial charge in [0.1, 0.15) is 0 Å². The maximum atomic E-state index is 11.6. The molecule has 0 aliphatic carbocycles. The molecule has 12 heavy (non-hydrogen) atoms. The van der Waals surface area contributed by atoms with E-state index < -0.39 is 18.9 Å². The first-order valence-corrected chi connectivity index (χ1v) is 3.00. The first-order valence-electron chi connectivity index (χ1n) is 3.00. The minimum atomic E-state index is -2.58. The zero-order valence-corrected chi connectivity index (χ0v) is 5.79. The molecule has 0 radical (unpaired) electrons. The number of aromatic amines is 1. The molecule has 1 heterocycles. The number of amides is 1. The molecule has 0 aromatic carbocycles. The van der Waals surface area contributed by atoms with Crippen molar-refractivity contribution in [1.29, 1.82) is 0 Å². The van der Waals surface area contributed by atoms with E-state index in [1.807, 2.05) is 10.5 Å². The lowest BCUT2D eigenvalue weighted by molar-refractivity contribution is 0.0882. The molecule has 0 atom stereocenters. The van der Waals surface area contributed by atoms with Crippen LogP contribution in [-0.4, -0.2) is 39.5 Å². The third kappa shape index (κ3) is 2.22. The van der Waals surface area contributed by atoms with Gasteiger partial charge in [0.2, 0.25) is 0 Å². The Bertz CT molecular complexity index is 248. The van der Waals surface area contributed by atoms with Crippen LogP contribution in [0.1, 0.15) is 10.6 Å². The average molecular weight is 177 g/mol. The molecule has 6 nitrogen and oxygen atoms in total. The zero-order valence-electron chi connectivity index (χ0n) is 5.79. The Morgan fingerprint density at radius 3 is 2.92 bits per heavy atom. The van der Waals surface area contributed by atoms with Crippen LogP contribution < -0.4 is 5.32 Å². The Labute approximate surface area is 65.3 Å². The molecule has 1 aromatic rings. The van der Waals surface area contributed by atoms with Gasteiger partial charge < -0.3 is 5.32 Å². The summed E-state index contributed by atoms with van der Waals surface area (Å²) >= 11 is 0. The van der Waals surface area contributed by atoms with Crippen LogP contribution in [0.3, 0.4) is 0 Å². The fourth-order valence-electron chi connectivity index (χ4n) is 0.507. The zero-order chi connectivity index (χ0) is 8.97. The van der Waals surface area contributed by atoms with Crippen molar-refractivity contribution in [2.24, 2.45) is 0 Å². The molecule has 0 fully saturated rings. The van der Waals surface area contributed by atoms with Crippen molar-refractivity contribution in [3.63, 3.8) is 0 Å². The summed E-state index contributed by atoms with van der Waals surface area (Å²) in [6.07, 6.45) is -2.58. The van der Waals surface area contributed by atoms with Gasteiger partial charge in [-0.15, -0.1) is 10.2 Å². The monoisotopic (exact) mass is 177 g/mol. The van der Waals surface area contributed by atoms with Crippen molar-refractivity contribution in [3.8, 4) is 0 Å². The Kier molecular flexibility index (Phi) is 2.62. The van der Waals surface area contributed by atoms with Crippen molar-refractivity contribution >= 4 is 5.91 Å². The predicted molar refractivity (Wildman–Crippen MR) is 32.5 cm³/mol. The number of rotatable bonds is 3. The van der Waals surface area contributed by atoms with Gasteiger partial charge in [-0.1, -0.05) is 0 Å². The van der Waals surface area contributed by atoms with Gasteiger partial charge in [0.05, 0.1) is 6.54 Å². The van der Waals surface area contributed by atoms with Crippen LogP contribution >= 0.6 is 0 Å². The maximum absolute atomic E-state index is 11.6. The van der Waals surface area contributed by atoms with Crippen molar-refractivity contribution in [2.45, 2.75) is 6.43 Å². The van der Waals surface area contributed by atoms with Crippen LogP contribution in [0.15, 0.2) is 0 Å². The second-order valence-corrected chi connectivity index (χ2v) is 1.84. The normalized spacial score (nSPS) is 10.2. The number of tetrazole rings is 1. The smallest absolute Gasteiger partial charge is 0.293 e. The molecule has 0 unspecified atom stereocenters. The SMILES string of the molecule is O=C(NCC(F)F)c1nn[nH]n1. The largest absolute Gasteiger partial charge is 0.343 e. The second-order valence-electron chi connectivity index (χ2n) is 1.84. The molecular formula is C4H5F2N5O. The first kappa shape index (κ1) is 8.50. The fraction of sp³-hybridized carbons (Fsp3) is 0.500. The molecule has 1 aromatic heterocycles. The van der Waals surface area contributed by atoms with Gasteiger partial charge in [-0.05, 0) is 5.21 Å². The highest BCUT2D eigenvalue weighted by Crippen LogP contribution is 1.89. The van der Waals surface area contributed by atoms with E-state index in [2.05, 4.69) is 15.4 Å². The number of nitrogens with one attached hydrogen (secondary N) is 2. The summed E-state index contributed by atoms with van der Waals surface area (Å²) in [7, 11) is 0. The molecule has 8 heteroatoms. The maximum Gasteiger partial charge on any atom is 0.293 e. The van der Waals surface area contributed by atoms with E-state index in [1.165, 1.54) is 0 Å². The Morgan fingerprint density at radius 2 is 2.42 bits per heavy atom. The van der Waals surface area contributed by atoms with Gasteiger partial charge in [-0.25, -0.2) is 8.78 Å². The van der Waals surface area contributed by atoms with Gasteiger partial charge in [0.25, 0.3) is 18.2 Å². The van der Waals surface area contributed by atoms with E-state index in [9.17, 15) is 13.6 Å². The van der Waals surface area contributed by atoms with Crippen LogP contribution in [-0.2, 0) is 0 Å². The lowest BCUT2D eigenvalue weighted by Gasteiger charge is -1.98. The Balaban J connectivity index is 2.40. The summed E-state index contributed by atoms with van der Waals surface area (Å²) in [5.74, 6) is -1.03. The summed E-state index contributed by atoms with van der Waals surface area (Å²) in [4.78, 5) is 10.8. The molecule has 0 saturated carbocycles. The number of hydrogen-bond acceptors (Lipinski definition) is 4. The number of halogens is 2. The van der Waals surface area contributed by atoms with E-state index in [0.29, 0.717) is 0 Å². The second kappa shape index (κ2) is 3.69.